The molecule has 1 aliphatic carbocycles. The van der Waals surface area contributed by atoms with E-state index in [0.29, 0.717) is 24.9 Å². The second kappa shape index (κ2) is 10.3. The molecule has 1 aromatic carbocycles. The van der Waals surface area contributed by atoms with E-state index in [9.17, 15) is 26.7 Å². The number of hydrogen-bond acceptors (Lipinski definition) is 4. The molecular weight excluding hydrogens is 569 g/mol. The van der Waals surface area contributed by atoms with Gasteiger partial charge in [0.15, 0.2) is 0 Å². The summed E-state index contributed by atoms with van der Waals surface area (Å²) in [6.07, 6.45) is 0.736. The van der Waals surface area contributed by atoms with Crippen LogP contribution in [-0.4, -0.2) is 53.7 Å². The van der Waals surface area contributed by atoms with Crippen LogP contribution in [0.25, 0.3) is 16.0 Å². The van der Waals surface area contributed by atoms with Crippen LogP contribution in [0.4, 0.5) is 22.0 Å². The summed E-state index contributed by atoms with van der Waals surface area (Å²) < 4.78 is 74.8. The molecule has 0 unspecified atom stereocenters. The normalized spacial score (nSPS) is 24.1. The van der Waals surface area contributed by atoms with Gasteiger partial charge in [0.2, 0.25) is 6.04 Å². The molecule has 43 heavy (non-hydrogen) atoms. The second-order valence-corrected chi connectivity index (χ2v) is 12.0. The van der Waals surface area contributed by atoms with Crippen LogP contribution in [0.5, 0.6) is 0 Å². The topological polar surface area (TPSA) is 64.7 Å². The monoisotopic (exact) mass is 599 g/mol. The van der Waals surface area contributed by atoms with Crippen molar-refractivity contribution in [3.63, 3.8) is 0 Å². The average Bonchev–Trinajstić information content (AvgIpc) is 3.49. The Labute approximate surface area is 244 Å². The first kappa shape index (κ1) is 29.0. The van der Waals surface area contributed by atoms with E-state index in [4.69, 9.17) is 6.57 Å². The van der Waals surface area contributed by atoms with Gasteiger partial charge in [-0.25, -0.2) is 20.1 Å². The number of likely N-dealkylation sites (tertiary alicyclic amines) is 1. The molecule has 6 rings (SSSR count). The molecule has 13 heteroatoms. The number of nitrogens with zero attached hydrogens (tertiary/aromatic N) is 7. The van der Waals surface area contributed by atoms with Gasteiger partial charge in [-0.1, -0.05) is 19.1 Å². The lowest BCUT2D eigenvalue weighted by Crippen LogP contribution is -2.45. The summed E-state index contributed by atoms with van der Waals surface area (Å²) in [7, 11) is 1.84. The van der Waals surface area contributed by atoms with Crippen molar-refractivity contribution >= 4 is 5.52 Å². The van der Waals surface area contributed by atoms with Crippen LogP contribution < -0.4 is 5.69 Å². The highest BCUT2D eigenvalue weighted by molar-refractivity contribution is 5.58. The molecule has 1 saturated carbocycles. The zero-order valence-electron chi connectivity index (χ0n) is 23.7. The second-order valence-electron chi connectivity index (χ2n) is 12.0. The quantitative estimate of drug-likeness (QED) is 0.224. The van der Waals surface area contributed by atoms with Gasteiger partial charge in [-0.2, -0.15) is 13.2 Å². The Kier molecular flexibility index (Phi) is 6.95. The van der Waals surface area contributed by atoms with E-state index >= 15 is 0 Å². The molecule has 2 fully saturated rings. The standard InChI is InChI=1S/C30H30F5N7O/c1-19-14-40(8-7-29(19,31)32)15-20-9-24(30(33,34)35)25-17-41(27(43)42(25)16-20)23-6-4-5-21(10-23)28(11-22(12-28)36-2)13-26-38-37-18-39(26)3/h4-6,9-10,16-19,22H,7-8,11-15H2,1,3H3/t19-,22?,28?/m1/s1. The molecule has 3 aromatic heterocycles. The molecule has 0 amide bonds. The maximum Gasteiger partial charge on any atom is 0.418 e. The van der Waals surface area contributed by atoms with Crippen LogP contribution in [0.1, 0.15) is 48.7 Å². The molecular formula is C30H30F5N7O. The summed E-state index contributed by atoms with van der Waals surface area (Å²) in [5.74, 6) is -3.00. The van der Waals surface area contributed by atoms with Gasteiger partial charge in [-0.15, -0.1) is 10.2 Å². The van der Waals surface area contributed by atoms with E-state index in [1.165, 1.54) is 23.9 Å². The predicted molar refractivity (Wildman–Crippen MR) is 148 cm³/mol. The molecule has 1 atom stereocenters. The lowest BCUT2D eigenvalue weighted by Gasteiger charge is -2.42. The Hall–Kier alpha value is -4.05. The number of rotatable bonds is 6. The van der Waals surface area contributed by atoms with Crippen molar-refractivity contribution in [3.05, 3.63) is 93.5 Å². The minimum Gasteiger partial charge on any atom is -0.321 e. The summed E-state index contributed by atoms with van der Waals surface area (Å²) in [6.45, 7) is 9.00. The molecule has 4 aromatic rings. The van der Waals surface area contributed by atoms with E-state index in [2.05, 4.69) is 15.0 Å². The fourth-order valence-corrected chi connectivity index (χ4v) is 6.48. The summed E-state index contributed by atoms with van der Waals surface area (Å²) in [4.78, 5) is 19.0. The molecule has 1 saturated heterocycles. The number of halogens is 5. The van der Waals surface area contributed by atoms with Crippen molar-refractivity contribution < 1.29 is 22.0 Å². The fourth-order valence-electron chi connectivity index (χ4n) is 6.48. The summed E-state index contributed by atoms with van der Waals surface area (Å²) in [6, 6.07) is 7.96. The van der Waals surface area contributed by atoms with E-state index in [0.717, 1.165) is 21.9 Å². The number of aryl methyl sites for hydroxylation is 1. The lowest BCUT2D eigenvalue weighted by atomic mass is 9.60. The third-order valence-electron chi connectivity index (χ3n) is 9.02. The highest BCUT2D eigenvalue weighted by Gasteiger charge is 2.50. The van der Waals surface area contributed by atoms with Crippen LogP contribution in [0.2, 0.25) is 0 Å². The largest absolute Gasteiger partial charge is 0.418 e. The number of benzene rings is 1. The maximum absolute atomic E-state index is 14.3. The summed E-state index contributed by atoms with van der Waals surface area (Å²) in [5.41, 5.74) is -0.886. The van der Waals surface area contributed by atoms with Gasteiger partial charge in [-0.05, 0) is 29.3 Å². The van der Waals surface area contributed by atoms with E-state index < -0.39 is 34.7 Å². The number of piperidine rings is 1. The molecule has 226 valence electrons. The Bertz CT molecular complexity index is 1770. The first-order valence-electron chi connectivity index (χ1n) is 14.0. The molecule has 0 bridgehead atoms. The van der Waals surface area contributed by atoms with Gasteiger partial charge in [0.05, 0.1) is 16.8 Å². The van der Waals surface area contributed by atoms with Gasteiger partial charge in [0.1, 0.15) is 12.2 Å². The van der Waals surface area contributed by atoms with Gasteiger partial charge in [0, 0.05) is 76.1 Å². The van der Waals surface area contributed by atoms with E-state index in [1.807, 2.05) is 17.7 Å². The van der Waals surface area contributed by atoms with Gasteiger partial charge < -0.3 is 9.41 Å². The van der Waals surface area contributed by atoms with Crippen LogP contribution in [0.3, 0.4) is 0 Å². The summed E-state index contributed by atoms with van der Waals surface area (Å²) >= 11 is 0. The number of imidazole rings is 1. The highest BCUT2D eigenvalue weighted by Crippen LogP contribution is 2.48. The summed E-state index contributed by atoms with van der Waals surface area (Å²) in [5, 5.41) is 8.16. The Morgan fingerprint density at radius 1 is 1.16 bits per heavy atom. The number of aromatic nitrogens is 5. The smallest absolute Gasteiger partial charge is 0.321 e. The van der Waals surface area contributed by atoms with Crippen LogP contribution in [0, 0.1) is 12.5 Å². The van der Waals surface area contributed by atoms with Crippen molar-refractivity contribution in [2.75, 3.05) is 13.1 Å². The molecule has 2 aliphatic rings. The molecule has 0 N–H and O–H groups in total. The molecule has 4 heterocycles. The average molecular weight is 600 g/mol. The predicted octanol–water partition coefficient (Wildman–Crippen LogP) is 5.28. The number of pyridine rings is 1. The first-order valence-corrected chi connectivity index (χ1v) is 14.0. The molecule has 1 aliphatic heterocycles. The Balaban J connectivity index is 1.38. The number of hydrogen-bond donors (Lipinski definition) is 0. The van der Waals surface area contributed by atoms with Crippen molar-refractivity contribution in [3.8, 4) is 5.69 Å². The van der Waals surface area contributed by atoms with Crippen LogP contribution in [0.15, 0.2) is 53.8 Å². The Morgan fingerprint density at radius 3 is 2.58 bits per heavy atom. The molecule has 0 spiro atoms. The van der Waals surface area contributed by atoms with E-state index in [1.54, 1.807) is 29.4 Å². The zero-order valence-corrected chi connectivity index (χ0v) is 23.7. The van der Waals surface area contributed by atoms with Gasteiger partial charge >= 0.3 is 11.9 Å². The molecule has 0 radical (unpaired) electrons. The SMILES string of the molecule is [C-]#[N+]C1CC(Cc2nncn2C)(c2cccc(-n3cc4c(C(F)(F)F)cc(CN5CCC(F)(F)[C@H](C)C5)cn4c3=O)c2)C1. The van der Waals surface area contributed by atoms with E-state index in [-0.39, 0.29) is 43.2 Å². The van der Waals surface area contributed by atoms with Crippen molar-refractivity contribution in [2.24, 2.45) is 13.0 Å². The zero-order chi connectivity index (χ0) is 30.7. The third kappa shape index (κ3) is 5.22. The molecule has 8 nitrogen and oxygen atoms in total. The minimum absolute atomic E-state index is 0.0132. The van der Waals surface area contributed by atoms with Crippen molar-refractivity contribution in [1.82, 2.24) is 28.6 Å². The minimum atomic E-state index is -4.75. The fraction of sp³-hybridized carbons (Fsp3) is 0.467. The van der Waals surface area contributed by atoms with Crippen molar-refractivity contribution in [2.45, 2.75) is 62.7 Å². The number of alkyl halides is 5. The maximum atomic E-state index is 14.3. The lowest BCUT2D eigenvalue weighted by molar-refractivity contribution is -0.136. The van der Waals surface area contributed by atoms with Crippen LogP contribution >= 0.6 is 0 Å². The number of fused-ring (bicyclic) bond motifs is 1. The Morgan fingerprint density at radius 2 is 1.93 bits per heavy atom. The van der Waals surface area contributed by atoms with Gasteiger partial charge in [-0.3, -0.25) is 13.9 Å². The third-order valence-corrected chi connectivity index (χ3v) is 9.02. The van der Waals surface area contributed by atoms with Crippen LogP contribution in [-0.2, 0) is 31.6 Å². The van der Waals surface area contributed by atoms with Crippen molar-refractivity contribution in [1.29, 1.82) is 0 Å². The first-order chi connectivity index (χ1) is 20.3. The van der Waals surface area contributed by atoms with Gasteiger partial charge in [0.25, 0.3) is 5.92 Å². The highest BCUT2D eigenvalue weighted by atomic mass is 19.4.